The first-order chi connectivity index (χ1) is 7.72. The number of methoxy groups -OCH3 is 1. The van der Waals surface area contributed by atoms with E-state index < -0.39 is 0 Å². The summed E-state index contributed by atoms with van der Waals surface area (Å²) in [6.07, 6.45) is 0.988. The quantitative estimate of drug-likeness (QED) is 0.838. The molecule has 1 aromatic carbocycles. The normalized spacial score (nSPS) is 17.9. The van der Waals surface area contributed by atoms with Crippen molar-refractivity contribution in [2.75, 3.05) is 26.1 Å². The molecule has 0 spiro atoms. The van der Waals surface area contributed by atoms with E-state index in [1.165, 1.54) is 0 Å². The van der Waals surface area contributed by atoms with Crippen LogP contribution in [0.4, 0.5) is 0 Å². The van der Waals surface area contributed by atoms with Crippen LogP contribution in [-0.4, -0.2) is 26.1 Å². The van der Waals surface area contributed by atoms with Crippen LogP contribution < -0.4 is 4.74 Å². The lowest BCUT2D eigenvalue weighted by molar-refractivity contribution is -0.0613. The van der Waals surface area contributed by atoms with Crippen molar-refractivity contribution in [3.05, 3.63) is 28.8 Å². The smallest absolute Gasteiger partial charge is 0.120 e. The van der Waals surface area contributed by atoms with Gasteiger partial charge < -0.3 is 9.47 Å². The molecule has 1 aromatic rings. The van der Waals surface area contributed by atoms with Crippen LogP contribution in [0.25, 0.3) is 0 Å². The molecule has 1 heterocycles. The Morgan fingerprint density at radius 3 is 2.69 bits per heavy atom. The van der Waals surface area contributed by atoms with Gasteiger partial charge in [0.2, 0.25) is 0 Å². The van der Waals surface area contributed by atoms with Gasteiger partial charge in [0, 0.05) is 10.4 Å². The summed E-state index contributed by atoms with van der Waals surface area (Å²) in [4.78, 5) is 0. The summed E-state index contributed by atoms with van der Waals surface area (Å²) in [5.74, 6) is 1.63. The maximum Gasteiger partial charge on any atom is 0.120 e. The second-order valence-corrected chi connectivity index (χ2v) is 4.95. The molecule has 2 rings (SSSR count). The standard InChI is InChI=1S/C12H15ClO2S/c1-14-9-2-3-10(11(13)6-9)12(4-5-16)7-15-8-12/h2-3,6,16H,4-5,7-8H2,1H3. The van der Waals surface area contributed by atoms with E-state index in [1.54, 1.807) is 7.11 Å². The molecule has 1 aliphatic rings. The fourth-order valence-corrected chi connectivity index (χ4v) is 2.85. The minimum absolute atomic E-state index is 0.0606. The van der Waals surface area contributed by atoms with E-state index in [1.807, 2.05) is 18.2 Å². The molecule has 0 bridgehead atoms. The maximum absolute atomic E-state index is 6.28. The van der Waals surface area contributed by atoms with Crippen LogP contribution >= 0.6 is 24.2 Å². The van der Waals surface area contributed by atoms with Crippen LogP contribution in [0.5, 0.6) is 5.75 Å². The van der Waals surface area contributed by atoms with Crippen molar-refractivity contribution >= 4 is 24.2 Å². The molecule has 0 aliphatic carbocycles. The summed E-state index contributed by atoms with van der Waals surface area (Å²) in [7, 11) is 1.64. The molecular formula is C12H15ClO2S. The summed E-state index contributed by atoms with van der Waals surface area (Å²) in [6, 6.07) is 5.84. The molecule has 0 atom stereocenters. The van der Waals surface area contributed by atoms with Gasteiger partial charge in [-0.2, -0.15) is 12.6 Å². The maximum atomic E-state index is 6.28. The predicted molar refractivity (Wildman–Crippen MR) is 69.0 cm³/mol. The first kappa shape index (κ1) is 12.1. The van der Waals surface area contributed by atoms with Crippen LogP contribution in [0.2, 0.25) is 5.02 Å². The summed E-state index contributed by atoms with van der Waals surface area (Å²) in [6.45, 7) is 1.47. The lowest BCUT2D eigenvalue weighted by atomic mass is 9.76. The van der Waals surface area contributed by atoms with E-state index in [2.05, 4.69) is 12.6 Å². The zero-order valence-electron chi connectivity index (χ0n) is 9.20. The average Bonchev–Trinajstić information content (AvgIpc) is 2.24. The van der Waals surface area contributed by atoms with Gasteiger partial charge >= 0.3 is 0 Å². The van der Waals surface area contributed by atoms with Gasteiger partial charge in [0.15, 0.2) is 0 Å². The molecule has 88 valence electrons. The summed E-state index contributed by atoms with van der Waals surface area (Å²) in [5, 5.41) is 0.754. The Morgan fingerprint density at radius 1 is 1.50 bits per heavy atom. The van der Waals surface area contributed by atoms with Gasteiger partial charge in [-0.15, -0.1) is 0 Å². The monoisotopic (exact) mass is 258 g/mol. The average molecular weight is 259 g/mol. The number of ether oxygens (including phenoxy) is 2. The van der Waals surface area contributed by atoms with E-state index in [4.69, 9.17) is 21.1 Å². The third-order valence-electron chi connectivity index (χ3n) is 3.09. The van der Waals surface area contributed by atoms with Crippen molar-refractivity contribution < 1.29 is 9.47 Å². The fourth-order valence-electron chi connectivity index (χ4n) is 2.05. The number of hydrogen-bond acceptors (Lipinski definition) is 3. The van der Waals surface area contributed by atoms with Crippen LogP contribution in [0.3, 0.4) is 0 Å². The SMILES string of the molecule is COc1ccc(C2(CCS)COC2)c(Cl)c1. The van der Waals surface area contributed by atoms with Gasteiger partial charge in [0.1, 0.15) is 5.75 Å². The van der Waals surface area contributed by atoms with Gasteiger partial charge in [0.05, 0.1) is 20.3 Å². The largest absolute Gasteiger partial charge is 0.497 e. The molecule has 0 amide bonds. The molecule has 1 fully saturated rings. The Bertz CT molecular complexity index is 377. The number of halogens is 1. The first-order valence-corrected chi connectivity index (χ1v) is 6.25. The molecular weight excluding hydrogens is 244 g/mol. The minimum Gasteiger partial charge on any atom is -0.497 e. The summed E-state index contributed by atoms with van der Waals surface area (Å²) < 4.78 is 10.5. The highest BCUT2D eigenvalue weighted by atomic mass is 35.5. The number of rotatable bonds is 4. The molecule has 0 saturated carbocycles. The van der Waals surface area contributed by atoms with Crippen molar-refractivity contribution in [1.82, 2.24) is 0 Å². The number of thiol groups is 1. The number of benzene rings is 1. The van der Waals surface area contributed by atoms with Gasteiger partial charge in [-0.1, -0.05) is 17.7 Å². The Kier molecular flexibility index (Phi) is 3.67. The highest BCUT2D eigenvalue weighted by molar-refractivity contribution is 7.80. The van der Waals surface area contributed by atoms with Crippen molar-refractivity contribution in [2.24, 2.45) is 0 Å². The van der Waals surface area contributed by atoms with Gasteiger partial charge in [-0.25, -0.2) is 0 Å². The van der Waals surface area contributed by atoms with Crippen LogP contribution in [0, 0.1) is 0 Å². The molecule has 0 radical (unpaired) electrons. The Hall–Kier alpha value is -0.380. The molecule has 0 aromatic heterocycles. The molecule has 0 unspecified atom stereocenters. The second kappa shape index (κ2) is 4.86. The topological polar surface area (TPSA) is 18.5 Å². The fraction of sp³-hybridized carbons (Fsp3) is 0.500. The van der Waals surface area contributed by atoms with Crippen LogP contribution in [0.15, 0.2) is 18.2 Å². The summed E-state index contributed by atoms with van der Waals surface area (Å²) >= 11 is 10.6. The van der Waals surface area contributed by atoms with E-state index in [0.717, 1.165) is 41.7 Å². The lowest BCUT2D eigenvalue weighted by Crippen LogP contribution is -2.47. The van der Waals surface area contributed by atoms with E-state index >= 15 is 0 Å². The lowest BCUT2D eigenvalue weighted by Gasteiger charge is -2.42. The highest BCUT2D eigenvalue weighted by Crippen LogP contribution is 2.40. The Labute approximate surface area is 106 Å². The molecule has 0 N–H and O–H groups in total. The highest BCUT2D eigenvalue weighted by Gasteiger charge is 2.40. The zero-order valence-corrected chi connectivity index (χ0v) is 10.9. The van der Waals surface area contributed by atoms with Crippen LogP contribution in [-0.2, 0) is 10.2 Å². The molecule has 2 nitrogen and oxygen atoms in total. The van der Waals surface area contributed by atoms with Crippen molar-refractivity contribution in [3.63, 3.8) is 0 Å². The predicted octanol–water partition coefficient (Wildman–Crippen LogP) is 2.94. The van der Waals surface area contributed by atoms with Gasteiger partial charge in [-0.3, -0.25) is 0 Å². The van der Waals surface area contributed by atoms with E-state index in [-0.39, 0.29) is 5.41 Å². The third-order valence-corrected chi connectivity index (χ3v) is 3.63. The first-order valence-electron chi connectivity index (χ1n) is 5.24. The van der Waals surface area contributed by atoms with E-state index in [9.17, 15) is 0 Å². The molecule has 4 heteroatoms. The third kappa shape index (κ3) is 2.04. The van der Waals surface area contributed by atoms with Crippen molar-refractivity contribution in [1.29, 1.82) is 0 Å². The van der Waals surface area contributed by atoms with Gasteiger partial charge in [0.25, 0.3) is 0 Å². The van der Waals surface area contributed by atoms with Crippen molar-refractivity contribution in [2.45, 2.75) is 11.8 Å². The Morgan fingerprint density at radius 2 is 2.25 bits per heavy atom. The Balaban J connectivity index is 2.31. The molecule has 1 saturated heterocycles. The molecule has 16 heavy (non-hydrogen) atoms. The van der Waals surface area contributed by atoms with Crippen molar-refractivity contribution in [3.8, 4) is 5.75 Å². The minimum atomic E-state index is 0.0606. The van der Waals surface area contributed by atoms with Gasteiger partial charge in [-0.05, 0) is 29.9 Å². The number of hydrogen-bond donors (Lipinski definition) is 1. The zero-order chi connectivity index (χ0) is 11.6. The van der Waals surface area contributed by atoms with E-state index in [0.29, 0.717) is 0 Å². The van der Waals surface area contributed by atoms with Crippen LogP contribution in [0.1, 0.15) is 12.0 Å². The summed E-state index contributed by atoms with van der Waals surface area (Å²) in [5.41, 5.74) is 1.21. The molecule has 1 aliphatic heterocycles. The second-order valence-electron chi connectivity index (χ2n) is 4.09.